The zero-order chi connectivity index (χ0) is 11.1. The summed E-state index contributed by atoms with van der Waals surface area (Å²) in [5.74, 6) is -0.0695. The lowest BCUT2D eigenvalue weighted by Crippen LogP contribution is -2.52. The van der Waals surface area contributed by atoms with E-state index in [2.05, 4.69) is 19.2 Å². The molecule has 0 bridgehead atoms. The van der Waals surface area contributed by atoms with E-state index in [-0.39, 0.29) is 16.9 Å². The highest BCUT2D eigenvalue weighted by Crippen LogP contribution is 2.45. The largest absolute Gasteiger partial charge is 0.468 e. The molecule has 2 aliphatic carbocycles. The van der Waals surface area contributed by atoms with Gasteiger partial charge in [0.2, 0.25) is 0 Å². The van der Waals surface area contributed by atoms with E-state index in [0.29, 0.717) is 6.04 Å². The molecule has 1 unspecified atom stereocenters. The van der Waals surface area contributed by atoms with Crippen LogP contribution in [0.3, 0.4) is 0 Å². The summed E-state index contributed by atoms with van der Waals surface area (Å²) in [5, 5.41) is 3.50. The van der Waals surface area contributed by atoms with Crippen LogP contribution in [0.5, 0.6) is 0 Å². The van der Waals surface area contributed by atoms with E-state index in [0.717, 1.165) is 19.3 Å². The molecule has 2 rings (SSSR count). The second kappa shape index (κ2) is 3.48. The third-order valence-electron chi connectivity index (χ3n) is 3.64. The van der Waals surface area contributed by atoms with Gasteiger partial charge in [-0.2, -0.15) is 0 Å². The molecular weight excluding hydrogens is 190 g/mol. The van der Waals surface area contributed by atoms with Crippen molar-refractivity contribution in [3.8, 4) is 0 Å². The number of nitrogens with one attached hydrogen (secondary N) is 1. The van der Waals surface area contributed by atoms with Crippen molar-refractivity contribution >= 4 is 5.97 Å². The molecule has 2 saturated carbocycles. The van der Waals surface area contributed by atoms with Gasteiger partial charge in [-0.1, -0.05) is 13.8 Å². The summed E-state index contributed by atoms with van der Waals surface area (Å²) < 4.78 is 4.96. The maximum Gasteiger partial charge on any atom is 0.326 e. The SMILES string of the molecule is COC(=O)C1(NC2CC2)CCC(C)(C)C1. The fourth-order valence-corrected chi connectivity index (χ4v) is 2.72. The molecule has 0 aliphatic heterocycles. The Morgan fingerprint density at radius 3 is 2.40 bits per heavy atom. The maximum atomic E-state index is 11.9. The van der Waals surface area contributed by atoms with Gasteiger partial charge in [0.1, 0.15) is 5.54 Å². The van der Waals surface area contributed by atoms with Crippen LogP contribution < -0.4 is 5.32 Å². The van der Waals surface area contributed by atoms with Crippen LogP contribution in [0.4, 0.5) is 0 Å². The number of ether oxygens (including phenoxy) is 1. The highest BCUT2D eigenvalue weighted by Gasteiger charge is 2.51. The van der Waals surface area contributed by atoms with Crippen molar-refractivity contribution in [2.75, 3.05) is 7.11 Å². The summed E-state index contributed by atoms with van der Waals surface area (Å²) in [6.45, 7) is 4.46. The third-order valence-corrected chi connectivity index (χ3v) is 3.64. The predicted molar refractivity (Wildman–Crippen MR) is 58.5 cm³/mol. The number of hydrogen-bond acceptors (Lipinski definition) is 3. The summed E-state index contributed by atoms with van der Waals surface area (Å²) in [7, 11) is 1.49. The number of hydrogen-bond donors (Lipinski definition) is 1. The fraction of sp³-hybridized carbons (Fsp3) is 0.917. The minimum atomic E-state index is -0.389. The third kappa shape index (κ3) is 2.17. The first-order valence-corrected chi connectivity index (χ1v) is 5.84. The van der Waals surface area contributed by atoms with Crippen molar-refractivity contribution < 1.29 is 9.53 Å². The Kier molecular flexibility index (Phi) is 2.53. The van der Waals surface area contributed by atoms with E-state index in [9.17, 15) is 4.79 Å². The van der Waals surface area contributed by atoms with Gasteiger partial charge in [0.15, 0.2) is 0 Å². The zero-order valence-corrected chi connectivity index (χ0v) is 9.93. The van der Waals surface area contributed by atoms with Crippen molar-refractivity contribution in [1.29, 1.82) is 0 Å². The van der Waals surface area contributed by atoms with Crippen molar-refractivity contribution in [3.63, 3.8) is 0 Å². The molecule has 1 atom stereocenters. The van der Waals surface area contributed by atoms with Crippen LogP contribution in [0.1, 0.15) is 46.0 Å². The Labute approximate surface area is 91.6 Å². The molecular formula is C12H21NO2. The number of methoxy groups -OCH3 is 1. The number of carbonyl (C=O) groups is 1. The fourth-order valence-electron chi connectivity index (χ4n) is 2.72. The molecule has 0 aromatic heterocycles. The maximum absolute atomic E-state index is 11.9. The van der Waals surface area contributed by atoms with Crippen LogP contribution in [0, 0.1) is 5.41 Å². The number of carbonyl (C=O) groups excluding carboxylic acids is 1. The van der Waals surface area contributed by atoms with Gasteiger partial charge >= 0.3 is 5.97 Å². The van der Waals surface area contributed by atoms with Crippen LogP contribution in [0.25, 0.3) is 0 Å². The quantitative estimate of drug-likeness (QED) is 0.724. The highest BCUT2D eigenvalue weighted by molar-refractivity contribution is 5.81. The Morgan fingerprint density at radius 2 is 2.00 bits per heavy atom. The summed E-state index contributed by atoms with van der Waals surface area (Å²) >= 11 is 0. The van der Waals surface area contributed by atoms with Crippen LogP contribution in [-0.4, -0.2) is 24.7 Å². The smallest absolute Gasteiger partial charge is 0.326 e. The second-order valence-corrected chi connectivity index (χ2v) is 5.83. The van der Waals surface area contributed by atoms with E-state index in [1.807, 2.05) is 0 Å². The van der Waals surface area contributed by atoms with Crippen molar-refractivity contribution in [1.82, 2.24) is 5.32 Å². The summed E-state index contributed by atoms with van der Waals surface area (Å²) in [5.41, 5.74) is -0.129. The molecule has 0 spiro atoms. The summed E-state index contributed by atoms with van der Waals surface area (Å²) in [4.78, 5) is 11.9. The molecule has 15 heavy (non-hydrogen) atoms. The molecule has 0 aromatic rings. The van der Waals surface area contributed by atoms with Gasteiger partial charge in [0.25, 0.3) is 0 Å². The molecule has 0 saturated heterocycles. The van der Waals surface area contributed by atoms with Crippen LogP contribution in [0.2, 0.25) is 0 Å². The minimum Gasteiger partial charge on any atom is -0.468 e. The van der Waals surface area contributed by atoms with E-state index in [1.165, 1.54) is 20.0 Å². The van der Waals surface area contributed by atoms with Gasteiger partial charge in [0, 0.05) is 6.04 Å². The van der Waals surface area contributed by atoms with E-state index >= 15 is 0 Å². The Morgan fingerprint density at radius 1 is 1.33 bits per heavy atom. The predicted octanol–water partition coefficient (Wildman–Crippen LogP) is 1.86. The molecule has 0 amide bonds. The van der Waals surface area contributed by atoms with Gasteiger partial charge in [-0.05, 0) is 37.5 Å². The first kappa shape index (κ1) is 10.9. The molecule has 0 heterocycles. The monoisotopic (exact) mass is 211 g/mol. The lowest BCUT2D eigenvalue weighted by atomic mass is 9.87. The number of rotatable bonds is 3. The Balaban J connectivity index is 2.12. The molecule has 86 valence electrons. The van der Waals surface area contributed by atoms with Crippen molar-refractivity contribution in [3.05, 3.63) is 0 Å². The molecule has 3 nitrogen and oxygen atoms in total. The molecule has 2 fully saturated rings. The molecule has 2 aliphatic rings. The summed E-state index contributed by atoms with van der Waals surface area (Å²) in [6, 6.07) is 0.554. The molecule has 3 heteroatoms. The minimum absolute atomic E-state index is 0.0695. The molecule has 1 N–H and O–H groups in total. The van der Waals surface area contributed by atoms with Gasteiger partial charge in [-0.3, -0.25) is 10.1 Å². The van der Waals surface area contributed by atoms with Gasteiger partial charge in [-0.15, -0.1) is 0 Å². The lowest BCUT2D eigenvalue weighted by molar-refractivity contribution is -0.148. The van der Waals surface area contributed by atoms with Gasteiger partial charge < -0.3 is 4.74 Å². The second-order valence-electron chi connectivity index (χ2n) is 5.83. The highest BCUT2D eigenvalue weighted by atomic mass is 16.5. The van der Waals surface area contributed by atoms with Crippen LogP contribution in [0.15, 0.2) is 0 Å². The normalized spacial score (nSPS) is 34.1. The van der Waals surface area contributed by atoms with E-state index in [1.54, 1.807) is 0 Å². The first-order valence-electron chi connectivity index (χ1n) is 5.84. The average molecular weight is 211 g/mol. The van der Waals surface area contributed by atoms with Gasteiger partial charge in [-0.25, -0.2) is 0 Å². The Bertz CT molecular complexity index is 271. The zero-order valence-electron chi connectivity index (χ0n) is 9.93. The van der Waals surface area contributed by atoms with E-state index in [4.69, 9.17) is 4.74 Å². The van der Waals surface area contributed by atoms with Crippen LogP contribution >= 0.6 is 0 Å². The molecule has 0 radical (unpaired) electrons. The lowest BCUT2D eigenvalue weighted by Gasteiger charge is -2.29. The molecule has 0 aromatic carbocycles. The average Bonchev–Trinajstić information content (AvgIpc) is 2.90. The Hall–Kier alpha value is -0.570. The number of esters is 1. The van der Waals surface area contributed by atoms with E-state index < -0.39 is 0 Å². The van der Waals surface area contributed by atoms with Crippen molar-refractivity contribution in [2.45, 2.75) is 57.5 Å². The first-order chi connectivity index (χ1) is 6.97. The van der Waals surface area contributed by atoms with Crippen molar-refractivity contribution in [2.24, 2.45) is 5.41 Å². The van der Waals surface area contributed by atoms with Gasteiger partial charge in [0.05, 0.1) is 7.11 Å². The topological polar surface area (TPSA) is 38.3 Å². The summed E-state index contributed by atoms with van der Waals surface area (Å²) in [6.07, 6.45) is 5.34. The standard InChI is InChI=1S/C12H21NO2/c1-11(2)6-7-12(8-11,10(14)15-3)13-9-4-5-9/h9,13H,4-8H2,1-3H3. The van der Waals surface area contributed by atoms with Crippen LogP contribution in [-0.2, 0) is 9.53 Å².